The minimum absolute atomic E-state index is 0.0541. The molecule has 1 saturated heterocycles. The minimum Gasteiger partial charge on any atom is -0.491 e. The molecule has 196 valence electrons. The molecule has 1 aromatic carbocycles. The first-order chi connectivity index (χ1) is 17.8. The van der Waals surface area contributed by atoms with E-state index in [4.69, 9.17) is 28.1 Å². The molecule has 0 atom stereocenters. The van der Waals surface area contributed by atoms with Crippen LogP contribution in [0.4, 0.5) is 0 Å². The fourth-order valence-electron chi connectivity index (χ4n) is 3.23. The van der Waals surface area contributed by atoms with Crippen LogP contribution in [-0.4, -0.2) is 54.7 Å². The van der Waals surface area contributed by atoms with Gasteiger partial charge in [0, 0.05) is 19.6 Å². The van der Waals surface area contributed by atoms with Crippen LogP contribution < -0.4 is 15.9 Å². The van der Waals surface area contributed by atoms with Gasteiger partial charge in [-0.2, -0.15) is 0 Å². The summed E-state index contributed by atoms with van der Waals surface area (Å²) in [5.41, 5.74) is 1.04. The van der Waals surface area contributed by atoms with Crippen LogP contribution in [0.15, 0.2) is 56.2 Å². The summed E-state index contributed by atoms with van der Waals surface area (Å²) >= 11 is 0. The number of amides is 1. The molecule has 0 bridgehead atoms. The third kappa shape index (κ3) is 6.17. The lowest BCUT2D eigenvalue weighted by Crippen LogP contribution is -2.29. The van der Waals surface area contributed by atoms with Crippen molar-refractivity contribution in [3.8, 4) is 5.75 Å². The topological polar surface area (TPSA) is 167 Å². The number of carbonyl (C=O) groups excluding carboxylic acids is 3. The summed E-state index contributed by atoms with van der Waals surface area (Å²) in [6.45, 7) is 2.61. The van der Waals surface area contributed by atoms with Crippen molar-refractivity contribution in [1.29, 1.82) is 0 Å². The summed E-state index contributed by atoms with van der Waals surface area (Å²) in [6.07, 6.45) is 1.28. The normalized spacial score (nSPS) is 16.8. The van der Waals surface area contributed by atoms with E-state index in [2.05, 4.69) is 15.3 Å². The summed E-state index contributed by atoms with van der Waals surface area (Å²) < 4.78 is 27.0. The highest BCUT2D eigenvalue weighted by Gasteiger charge is 2.48. The Morgan fingerprint density at radius 2 is 1.95 bits per heavy atom. The summed E-state index contributed by atoms with van der Waals surface area (Å²) in [7, 11) is -1.44. The lowest BCUT2D eigenvalue weighted by Gasteiger charge is -2.26. The monoisotopic (exact) mass is 531 g/mol. The van der Waals surface area contributed by atoms with Crippen molar-refractivity contribution in [1.82, 2.24) is 10.3 Å². The quantitative estimate of drug-likeness (QED) is 0.115. The fourth-order valence-corrected chi connectivity index (χ4v) is 5.09. The number of hydrogen-bond acceptors (Lipinski definition) is 11. The number of para-hydroxylation sites is 1. The molecule has 1 amide bonds. The number of hydrazine groups is 1. The average molecular weight is 532 g/mol. The Labute approximate surface area is 213 Å². The molecule has 0 radical (unpaired) electrons. The van der Waals surface area contributed by atoms with Gasteiger partial charge in [-0.1, -0.05) is 18.2 Å². The third-order valence-corrected chi connectivity index (χ3v) is 6.95. The predicted octanol–water partition coefficient (Wildman–Crippen LogP) is 1.75. The zero-order valence-electron chi connectivity index (χ0n) is 20.0. The SMILES string of the molecule is COCCOc1ccccc1CN(N)/C=N/C1=NC(c2ccc(CNC(C)=O)o2)=CS12OC(=O)C(=O)O2. The minimum atomic E-state index is -3.03. The highest BCUT2D eigenvalue weighted by molar-refractivity contribution is 8.41. The standard InChI is InChI=1S/C23H25N5O8S/c1-15(29)25-11-17-7-8-20(34-17)18-13-37(35-21(30)22(31)36-37)23(27-18)26-14-28(24)12-16-5-3-4-6-19(16)33-10-9-32-2/h3-8,13-14H,9-12,24H2,1-2H3,(H,25,29)/b26-14+. The zero-order chi connectivity index (χ0) is 26.4. The van der Waals surface area contributed by atoms with Gasteiger partial charge in [0.05, 0.1) is 25.1 Å². The number of ether oxygens (including phenoxy) is 2. The number of nitrogens with two attached hydrogens (primary N) is 1. The number of aliphatic imine (C=N–C) groups is 2. The van der Waals surface area contributed by atoms with Crippen molar-refractivity contribution in [2.24, 2.45) is 15.8 Å². The van der Waals surface area contributed by atoms with Crippen molar-refractivity contribution < 1.29 is 36.6 Å². The van der Waals surface area contributed by atoms with E-state index in [-0.39, 0.29) is 29.9 Å². The smallest absolute Gasteiger partial charge is 0.442 e. The first-order valence-electron chi connectivity index (χ1n) is 11.0. The largest absolute Gasteiger partial charge is 0.491 e. The Kier molecular flexibility index (Phi) is 7.91. The second-order valence-electron chi connectivity index (χ2n) is 7.73. The Hall–Kier alpha value is -4.14. The van der Waals surface area contributed by atoms with E-state index in [1.54, 1.807) is 19.2 Å². The van der Waals surface area contributed by atoms with Gasteiger partial charge in [-0.05, 0) is 28.8 Å². The Morgan fingerprint density at radius 3 is 2.68 bits per heavy atom. The van der Waals surface area contributed by atoms with Crippen LogP contribution in [0.2, 0.25) is 0 Å². The second-order valence-corrected chi connectivity index (χ2v) is 9.75. The van der Waals surface area contributed by atoms with Gasteiger partial charge in [0.2, 0.25) is 5.91 Å². The highest BCUT2D eigenvalue weighted by Crippen LogP contribution is 2.62. The van der Waals surface area contributed by atoms with Gasteiger partial charge in [0.1, 0.15) is 30.2 Å². The molecule has 0 saturated carbocycles. The number of nitrogens with one attached hydrogen (secondary N) is 1. The van der Waals surface area contributed by atoms with Crippen molar-refractivity contribution in [2.45, 2.75) is 20.0 Å². The molecule has 2 aromatic rings. The van der Waals surface area contributed by atoms with E-state index in [1.165, 1.54) is 23.7 Å². The molecular weight excluding hydrogens is 506 g/mol. The van der Waals surface area contributed by atoms with Crippen molar-refractivity contribution in [3.05, 3.63) is 58.9 Å². The van der Waals surface area contributed by atoms with Gasteiger partial charge in [-0.3, -0.25) is 9.80 Å². The van der Waals surface area contributed by atoms with Gasteiger partial charge >= 0.3 is 11.9 Å². The van der Waals surface area contributed by atoms with Crippen LogP contribution in [0.25, 0.3) is 5.70 Å². The van der Waals surface area contributed by atoms with Crippen molar-refractivity contribution in [3.63, 3.8) is 0 Å². The molecule has 1 fully saturated rings. The van der Waals surface area contributed by atoms with Crippen LogP contribution in [0.3, 0.4) is 0 Å². The number of hydrogen-bond donors (Lipinski definition) is 2. The Bertz CT molecular complexity index is 1270. The summed E-state index contributed by atoms with van der Waals surface area (Å²) in [5.74, 6) is 5.05. The van der Waals surface area contributed by atoms with E-state index in [1.807, 2.05) is 24.3 Å². The summed E-state index contributed by atoms with van der Waals surface area (Å²) in [6, 6.07) is 10.6. The first kappa shape index (κ1) is 25.9. The summed E-state index contributed by atoms with van der Waals surface area (Å²) in [4.78, 5) is 43.5. The van der Waals surface area contributed by atoms with E-state index >= 15 is 0 Å². The van der Waals surface area contributed by atoms with Gasteiger partial charge in [0.15, 0.2) is 5.76 Å². The molecule has 4 rings (SSSR count). The fraction of sp³-hybridized carbons (Fsp3) is 0.261. The van der Waals surface area contributed by atoms with Gasteiger partial charge < -0.3 is 27.6 Å². The molecule has 3 heterocycles. The molecule has 3 N–H and O–H groups in total. The summed E-state index contributed by atoms with van der Waals surface area (Å²) in [5, 5.41) is 5.24. The number of methoxy groups -OCH3 is 1. The van der Waals surface area contributed by atoms with Crippen molar-refractivity contribution >= 4 is 45.6 Å². The molecule has 37 heavy (non-hydrogen) atoms. The number of amidine groups is 1. The average Bonchev–Trinajstić information content (AvgIpc) is 3.55. The molecule has 1 aromatic heterocycles. The second kappa shape index (κ2) is 11.3. The molecule has 13 nitrogen and oxygen atoms in total. The van der Waals surface area contributed by atoms with Crippen LogP contribution in [0.1, 0.15) is 24.0 Å². The number of nitrogens with zero attached hydrogens (tertiary/aromatic N) is 3. The van der Waals surface area contributed by atoms with E-state index in [9.17, 15) is 14.4 Å². The Morgan fingerprint density at radius 1 is 1.19 bits per heavy atom. The number of carbonyl (C=O) groups is 3. The molecule has 2 aliphatic heterocycles. The predicted molar refractivity (Wildman–Crippen MR) is 133 cm³/mol. The van der Waals surface area contributed by atoms with Crippen molar-refractivity contribution in [2.75, 3.05) is 20.3 Å². The van der Waals surface area contributed by atoms with Gasteiger partial charge in [-0.15, -0.1) is 0 Å². The lowest BCUT2D eigenvalue weighted by atomic mass is 10.2. The third-order valence-electron chi connectivity index (χ3n) is 4.92. The molecular formula is C23H25N5O8S. The number of rotatable bonds is 10. The molecule has 1 spiro atoms. The van der Waals surface area contributed by atoms with Gasteiger partial charge in [0.25, 0.3) is 5.17 Å². The lowest BCUT2D eigenvalue weighted by molar-refractivity contribution is -0.150. The maximum Gasteiger partial charge on any atom is 0.442 e. The van der Waals surface area contributed by atoms with E-state index < -0.39 is 22.5 Å². The number of benzene rings is 1. The highest BCUT2D eigenvalue weighted by atomic mass is 32.3. The van der Waals surface area contributed by atoms with E-state index in [0.29, 0.717) is 30.5 Å². The first-order valence-corrected chi connectivity index (χ1v) is 12.5. The van der Waals surface area contributed by atoms with Crippen LogP contribution >= 0.6 is 10.6 Å². The molecule has 0 unspecified atom stereocenters. The maximum atomic E-state index is 11.9. The zero-order valence-corrected chi connectivity index (χ0v) is 20.9. The van der Waals surface area contributed by atoms with Crippen LogP contribution in [0, 0.1) is 0 Å². The Balaban J connectivity index is 1.52. The van der Waals surface area contributed by atoms with E-state index in [0.717, 1.165) is 5.56 Å². The molecule has 2 aliphatic rings. The maximum absolute atomic E-state index is 11.9. The molecule has 0 aliphatic carbocycles. The van der Waals surface area contributed by atoms with Gasteiger partial charge in [-0.25, -0.2) is 25.4 Å². The van der Waals surface area contributed by atoms with Crippen LogP contribution in [0.5, 0.6) is 5.75 Å². The number of furan rings is 1. The van der Waals surface area contributed by atoms with Crippen LogP contribution in [-0.2, 0) is 40.6 Å². The molecule has 14 heteroatoms.